The SMILES string of the molecule is Cc1c(C)c(C)c(C(O)C(C)(C)OC2OC(C)(C)C(C)(C)C(C)(C)C2(C)C)c(C)c1C. The quantitative estimate of drug-likeness (QED) is 0.543. The molecule has 1 aromatic rings. The van der Waals surface area contributed by atoms with Gasteiger partial charge in [-0.15, -0.1) is 0 Å². The Morgan fingerprint density at radius 3 is 1.55 bits per heavy atom. The molecule has 1 fully saturated rings. The Balaban J connectivity index is 2.51. The standard InChI is InChI=1S/C28H48O3/c1-16-17(2)19(4)21(20(5)18(16)3)22(29)25(8,9)30-23-24(6,7)26(10,11)27(12,13)28(14,15)31-23/h22-23,29H,1-15H3. The Kier molecular flexibility index (Phi) is 6.43. The maximum atomic E-state index is 11.6. The van der Waals surface area contributed by atoms with Crippen LogP contribution < -0.4 is 0 Å². The molecule has 1 aromatic carbocycles. The van der Waals surface area contributed by atoms with Gasteiger partial charge in [-0.2, -0.15) is 0 Å². The van der Waals surface area contributed by atoms with Crippen molar-refractivity contribution in [2.24, 2.45) is 16.2 Å². The van der Waals surface area contributed by atoms with Crippen molar-refractivity contribution in [1.82, 2.24) is 0 Å². The lowest BCUT2D eigenvalue weighted by Crippen LogP contribution is -2.67. The Morgan fingerprint density at radius 2 is 1.13 bits per heavy atom. The molecule has 178 valence electrons. The Hall–Kier alpha value is -0.900. The maximum Gasteiger partial charge on any atom is 0.164 e. The van der Waals surface area contributed by atoms with Gasteiger partial charge in [0.15, 0.2) is 6.29 Å². The summed E-state index contributed by atoms with van der Waals surface area (Å²) in [5.74, 6) is 0. The van der Waals surface area contributed by atoms with Crippen LogP contribution in [0.5, 0.6) is 0 Å². The minimum atomic E-state index is -0.820. The molecule has 1 saturated heterocycles. The van der Waals surface area contributed by atoms with Crippen molar-refractivity contribution in [3.8, 4) is 0 Å². The first-order chi connectivity index (χ1) is 13.6. The van der Waals surface area contributed by atoms with Crippen LogP contribution in [0.15, 0.2) is 0 Å². The molecule has 3 heteroatoms. The molecule has 0 saturated carbocycles. The summed E-state index contributed by atoms with van der Waals surface area (Å²) in [6, 6.07) is 0. The Morgan fingerprint density at radius 1 is 0.742 bits per heavy atom. The first-order valence-electron chi connectivity index (χ1n) is 11.8. The third kappa shape index (κ3) is 3.69. The predicted molar refractivity (Wildman–Crippen MR) is 131 cm³/mol. The Bertz CT molecular complexity index is 826. The summed E-state index contributed by atoms with van der Waals surface area (Å²) in [6.45, 7) is 32.6. The fourth-order valence-corrected chi connectivity index (χ4v) is 5.21. The summed E-state index contributed by atoms with van der Waals surface area (Å²) in [6.07, 6.45) is -1.20. The highest BCUT2D eigenvalue weighted by molar-refractivity contribution is 5.50. The van der Waals surface area contributed by atoms with Gasteiger partial charge in [0.1, 0.15) is 6.10 Å². The minimum absolute atomic E-state index is 0.0592. The zero-order valence-electron chi connectivity index (χ0n) is 22.9. The minimum Gasteiger partial charge on any atom is -0.385 e. The van der Waals surface area contributed by atoms with E-state index < -0.39 is 18.0 Å². The molecule has 1 aliphatic rings. The second-order valence-electron chi connectivity index (χ2n) is 12.6. The van der Waals surface area contributed by atoms with Crippen molar-refractivity contribution in [3.05, 3.63) is 33.4 Å². The molecule has 1 aliphatic heterocycles. The zero-order valence-corrected chi connectivity index (χ0v) is 22.9. The van der Waals surface area contributed by atoms with Crippen LogP contribution in [0.25, 0.3) is 0 Å². The fourth-order valence-electron chi connectivity index (χ4n) is 5.21. The molecule has 1 N–H and O–H groups in total. The van der Waals surface area contributed by atoms with Crippen LogP contribution in [-0.2, 0) is 9.47 Å². The third-order valence-electron chi connectivity index (χ3n) is 10.1. The second kappa shape index (κ2) is 7.57. The van der Waals surface area contributed by atoms with E-state index >= 15 is 0 Å². The highest BCUT2D eigenvalue weighted by Gasteiger charge is 2.64. The number of rotatable bonds is 4. The second-order valence-corrected chi connectivity index (χ2v) is 12.6. The molecule has 0 aliphatic carbocycles. The van der Waals surface area contributed by atoms with Crippen LogP contribution in [0.1, 0.15) is 109 Å². The lowest BCUT2D eigenvalue weighted by Gasteiger charge is -2.65. The molecular weight excluding hydrogens is 384 g/mol. The molecule has 2 atom stereocenters. The van der Waals surface area contributed by atoms with Gasteiger partial charge < -0.3 is 14.6 Å². The average Bonchev–Trinajstić information content (AvgIpc) is 2.62. The number of hydrogen-bond acceptors (Lipinski definition) is 3. The van der Waals surface area contributed by atoms with Gasteiger partial charge in [-0.05, 0) is 107 Å². The molecule has 0 bridgehead atoms. The molecule has 3 nitrogen and oxygen atoms in total. The van der Waals surface area contributed by atoms with Gasteiger partial charge >= 0.3 is 0 Å². The van der Waals surface area contributed by atoms with E-state index in [9.17, 15) is 5.11 Å². The maximum absolute atomic E-state index is 11.6. The molecule has 1 heterocycles. The normalized spacial score (nSPS) is 25.4. The summed E-state index contributed by atoms with van der Waals surface area (Å²) < 4.78 is 13.4. The summed E-state index contributed by atoms with van der Waals surface area (Å²) in [5, 5.41) is 11.6. The van der Waals surface area contributed by atoms with Gasteiger partial charge in [0.05, 0.1) is 11.2 Å². The average molecular weight is 433 g/mol. The first kappa shape index (κ1) is 26.4. The summed E-state index contributed by atoms with van der Waals surface area (Å²) >= 11 is 0. The number of benzene rings is 1. The van der Waals surface area contributed by atoms with Crippen LogP contribution >= 0.6 is 0 Å². The smallest absolute Gasteiger partial charge is 0.164 e. The van der Waals surface area contributed by atoms with E-state index in [-0.39, 0.29) is 21.8 Å². The van der Waals surface area contributed by atoms with Gasteiger partial charge in [0, 0.05) is 5.41 Å². The van der Waals surface area contributed by atoms with E-state index in [1.807, 2.05) is 13.8 Å². The number of aliphatic hydroxyl groups excluding tert-OH is 1. The van der Waals surface area contributed by atoms with Gasteiger partial charge in [-0.25, -0.2) is 0 Å². The zero-order chi connectivity index (χ0) is 24.5. The Labute approximate surface area is 191 Å². The van der Waals surface area contributed by atoms with Crippen molar-refractivity contribution in [2.75, 3.05) is 0 Å². The van der Waals surface area contributed by atoms with E-state index in [2.05, 4.69) is 90.0 Å². The lowest BCUT2D eigenvalue weighted by atomic mass is 9.48. The summed E-state index contributed by atoms with van der Waals surface area (Å²) in [5.41, 5.74) is 5.49. The molecule has 0 spiro atoms. The number of ether oxygens (including phenoxy) is 2. The molecule has 0 amide bonds. The van der Waals surface area contributed by atoms with Crippen molar-refractivity contribution < 1.29 is 14.6 Å². The van der Waals surface area contributed by atoms with Gasteiger partial charge in [0.25, 0.3) is 0 Å². The largest absolute Gasteiger partial charge is 0.385 e. The van der Waals surface area contributed by atoms with Crippen LogP contribution in [0.4, 0.5) is 0 Å². The van der Waals surface area contributed by atoms with Crippen molar-refractivity contribution in [3.63, 3.8) is 0 Å². The van der Waals surface area contributed by atoms with E-state index in [0.29, 0.717) is 0 Å². The topological polar surface area (TPSA) is 38.7 Å². The van der Waals surface area contributed by atoms with Gasteiger partial charge in [-0.3, -0.25) is 0 Å². The lowest BCUT2D eigenvalue weighted by molar-refractivity contribution is -0.380. The van der Waals surface area contributed by atoms with Crippen LogP contribution in [-0.4, -0.2) is 22.6 Å². The van der Waals surface area contributed by atoms with Crippen LogP contribution in [0.3, 0.4) is 0 Å². The van der Waals surface area contributed by atoms with Crippen molar-refractivity contribution in [2.45, 2.75) is 127 Å². The summed E-state index contributed by atoms with van der Waals surface area (Å²) in [4.78, 5) is 0. The molecule has 0 radical (unpaired) electrons. The van der Waals surface area contributed by atoms with Crippen molar-refractivity contribution in [1.29, 1.82) is 0 Å². The highest BCUT2D eigenvalue weighted by Crippen LogP contribution is 2.63. The highest BCUT2D eigenvalue weighted by atomic mass is 16.7. The van der Waals surface area contributed by atoms with Gasteiger partial charge in [0.2, 0.25) is 0 Å². The third-order valence-corrected chi connectivity index (χ3v) is 10.1. The molecule has 31 heavy (non-hydrogen) atoms. The molecular formula is C28H48O3. The van der Waals surface area contributed by atoms with E-state index in [1.165, 1.54) is 16.7 Å². The molecule has 0 aromatic heterocycles. The van der Waals surface area contributed by atoms with Crippen LogP contribution in [0, 0.1) is 50.9 Å². The van der Waals surface area contributed by atoms with Crippen molar-refractivity contribution >= 4 is 0 Å². The van der Waals surface area contributed by atoms with E-state index in [4.69, 9.17) is 9.47 Å². The number of aliphatic hydroxyl groups is 1. The fraction of sp³-hybridized carbons (Fsp3) is 0.786. The number of hydrogen-bond donors (Lipinski definition) is 1. The molecule has 2 unspecified atom stereocenters. The summed E-state index contributed by atoms with van der Waals surface area (Å²) in [7, 11) is 0. The van der Waals surface area contributed by atoms with E-state index in [0.717, 1.165) is 16.7 Å². The predicted octanol–water partition coefficient (Wildman–Crippen LogP) is 7.27. The van der Waals surface area contributed by atoms with E-state index in [1.54, 1.807) is 0 Å². The monoisotopic (exact) mass is 432 g/mol. The van der Waals surface area contributed by atoms with Gasteiger partial charge in [-0.1, -0.05) is 41.5 Å². The molecule has 2 rings (SSSR count). The van der Waals surface area contributed by atoms with Crippen LogP contribution in [0.2, 0.25) is 0 Å². The first-order valence-corrected chi connectivity index (χ1v) is 11.8.